The summed E-state index contributed by atoms with van der Waals surface area (Å²) >= 11 is 0. The van der Waals surface area contributed by atoms with Crippen LogP contribution in [0.15, 0.2) is 10.9 Å². The summed E-state index contributed by atoms with van der Waals surface area (Å²) in [5, 5.41) is 7.15. The van der Waals surface area contributed by atoms with E-state index in [2.05, 4.69) is 26.9 Å². The van der Waals surface area contributed by atoms with Gasteiger partial charge in [0.15, 0.2) is 5.82 Å². The Morgan fingerprint density at radius 2 is 2.20 bits per heavy atom. The molecule has 0 atom stereocenters. The fourth-order valence-corrected chi connectivity index (χ4v) is 2.19. The maximum Gasteiger partial charge on any atom is 0.213 e. The van der Waals surface area contributed by atoms with Crippen molar-refractivity contribution in [2.45, 2.75) is 39.2 Å². The number of nitrogens with one attached hydrogen (secondary N) is 1. The van der Waals surface area contributed by atoms with Gasteiger partial charge in [-0.3, -0.25) is 0 Å². The zero-order valence-electron chi connectivity index (χ0n) is 9.28. The molecule has 1 heterocycles. The van der Waals surface area contributed by atoms with Crippen molar-refractivity contribution in [3.05, 3.63) is 12.2 Å². The van der Waals surface area contributed by atoms with Crippen molar-refractivity contribution >= 4 is 0 Å². The molecule has 1 aromatic rings. The van der Waals surface area contributed by atoms with Crippen molar-refractivity contribution in [2.75, 3.05) is 6.54 Å². The number of hydrogen-bond acceptors (Lipinski definition) is 4. The van der Waals surface area contributed by atoms with Crippen LogP contribution >= 0.6 is 0 Å². The standard InChI is InChI=1S/C11H19N3O/c1-9-2-4-10(5-3-9)6-12-7-11-13-8-15-14-11/h8-10,12H,2-7H2,1H3. The molecule has 84 valence electrons. The van der Waals surface area contributed by atoms with E-state index >= 15 is 0 Å². The van der Waals surface area contributed by atoms with Gasteiger partial charge in [-0.2, -0.15) is 4.98 Å². The normalized spacial score (nSPS) is 26.7. The lowest BCUT2D eigenvalue weighted by atomic mass is 9.83. The van der Waals surface area contributed by atoms with Gasteiger partial charge in [-0.1, -0.05) is 24.9 Å². The molecule has 1 aliphatic carbocycles. The van der Waals surface area contributed by atoms with E-state index in [9.17, 15) is 0 Å². The van der Waals surface area contributed by atoms with E-state index < -0.39 is 0 Å². The first-order valence-corrected chi connectivity index (χ1v) is 5.80. The monoisotopic (exact) mass is 209 g/mol. The molecule has 4 heteroatoms. The summed E-state index contributed by atoms with van der Waals surface area (Å²) in [6.07, 6.45) is 6.86. The Morgan fingerprint density at radius 1 is 1.40 bits per heavy atom. The quantitative estimate of drug-likeness (QED) is 0.824. The van der Waals surface area contributed by atoms with E-state index in [1.807, 2.05) is 0 Å². The number of nitrogens with zero attached hydrogens (tertiary/aromatic N) is 2. The highest BCUT2D eigenvalue weighted by Crippen LogP contribution is 2.27. The Bertz CT molecular complexity index is 265. The highest BCUT2D eigenvalue weighted by Gasteiger charge is 2.17. The topological polar surface area (TPSA) is 51.0 Å². The van der Waals surface area contributed by atoms with E-state index in [1.165, 1.54) is 32.1 Å². The predicted molar refractivity (Wildman–Crippen MR) is 57.1 cm³/mol. The minimum atomic E-state index is 0.725. The molecule has 1 aromatic heterocycles. The minimum absolute atomic E-state index is 0.725. The molecule has 1 saturated carbocycles. The molecule has 1 N–H and O–H groups in total. The van der Waals surface area contributed by atoms with Crippen LogP contribution in [0.3, 0.4) is 0 Å². The maximum atomic E-state index is 4.67. The maximum absolute atomic E-state index is 4.67. The van der Waals surface area contributed by atoms with Crippen molar-refractivity contribution in [3.63, 3.8) is 0 Å². The average molecular weight is 209 g/mol. The van der Waals surface area contributed by atoms with Gasteiger partial charge in [-0.25, -0.2) is 0 Å². The van der Waals surface area contributed by atoms with E-state index in [1.54, 1.807) is 0 Å². The predicted octanol–water partition coefficient (Wildman–Crippen LogP) is 1.99. The van der Waals surface area contributed by atoms with Crippen LogP contribution in [0.4, 0.5) is 0 Å². The molecule has 1 aliphatic rings. The minimum Gasteiger partial charge on any atom is -0.343 e. The van der Waals surface area contributed by atoms with Crippen LogP contribution in [0.2, 0.25) is 0 Å². The third kappa shape index (κ3) is 3.30. The first kappa shape index (κ1) is 10.6. The molecule has 0 saturated heterocycles. The van der Waals surface area contributed by atoms with E-state index in [0.717, 1.165) is 30.7 Å². The Kier molecular flexibility index (Phi) is 3.72. The average Bonchev–Trinajstić information content (AvgIpc) is 2.74. The summed E-state index contributed by atoms with van der Waals surface area (Å²) in [6, 6.07) is 0. The lowest BCUT2D eigenvalue weighted by Gasteiger charge is -2.26. The smallest absolute Gasteiger partial charge is 0.213 e. The second kappa shape index (κ2) is 5.26. The third-order valence-electron chi connectivity index (χ3n) is 3.26. The van der Waals surface area contributed by atoms with Crippen LogP contribution in [0.1, 0.15) is 38.4 Å². The van der Waals surface area contributed by atoms with Crippen molar-refractivity contribution in [1.29, 1.82) is 0 Å². The van der Waals surface area contributed by atoms with Crippen molar-refractivity contribution in [2.24, 2.45) is 11.8 Å². The molecule has 15 heavy (non-hydrogen) atoms. The zero-order chi connectivity index (χ0) is 10.5. The van der Waals surface area contributed by atoms with Crippen molar-refractivity contribution in [1.82, 2.24) is 15.5 Å². The van der Waals surface area contributed by atoms with Gasteiger partial charge in [-0.15, -0.1) is 0 Å². The van der Waals surface area contributed by atoms with Gasteiger partial charge in [-0.05, 0) is 31.2 Å². The van der Waals surface area contributed by atoms with Crippen LogP contribution in [0.5, 0.6) is 0 Å². The molecule has 0 amide bonds. The van der Waals surface area contributed by atoms with Gasteiger partial charge in [0.2, 0.25) is 6.39 Å². The van der Waals surface area contributed by atoms with Gasteiger partial charge in [0.05, 0.1) is 6.54 Å². The molecular weight excluding hydrogens is 190 g/mol. The van der Waals surface area contributed by atoms with Crippen LogP contribution in [0, 0.1) is 11.8 Å². The summed E-state index contributed by atoms with van der Waals surface area (Å²) in [6.45, 7) is 4.16. The van der Waals surface area contributed by atoms with Crippen molar-refractivity contribution < 1.29 is 4.52 Å². The van der Waals surface area contributed by atoms with Crippen LogP contribution in [-0.4, -0.2) is 16.7 Å². The fraction of sp³-hybridized carbons (Fsp3) is 0.818. The Morgan fingerprint density at radius 3 is 2.87 bits per heavy atom. The largest absolute Gasteiger partial charge is 0.343 e. The number of aromatic nitrogens is 2. The van der Waals surface area contributed by atoms with Crippen LogP contribution < -0.4 is 5.32 Å². The van der Waals surface area contributed by atoms with E-state index in [4.69, 9.17) is 0 Å². The number of hydrogen-bond donors (Lipinski definition) is 1. The first-order chi connectivity index (χ1) is 7.34. The molecule has 0 unspecified atom stereocenters. The second-order valence-electron chi connectivity index (χ2n) is 4.60. The molecule has 0 spiro atoms. The molecular formula is C11H19N3O. The molecule has 4 nitrogen and oxygen atoms in total. The molecule has 0 aliphatic heterocycles. The second-order valence-corrected chi connectivity index (χ2v) is 4.60. The fourth-order valence-electron chi connectivity index (χ4n) is 2.19. The van der Waals surface area contributed by atoms with Gasteiger partial charge < -0.3 is 9.84 Å². The molecule has 0 aromatic carbocycles. The molecule has 2 rings (SSSR count). The van der Waals surface area contributed by atoms with Gasteiger partial charge in [0.1, 0.15) is 0 Å². The summed E-state index contributed by atoms with van der Waals surface area (Å²) < 4.78 is 4.67. The Balaban J connectivity index is 1.62. The highest BCUT2D eigenvalue weighted by molar-refractivity contribution is 4.78. The molecule has 0 radical (unpaired) electrons. The lowest BCUT2D eigenvalue weighted by molar-refractivity contribution is 0.280. The lowest BCUT2D eigenvalue weighted by Crippen LogP contribution is -2.26. The van der Waals surface area contributed by atoms with Gasteiger partial charge >= 0.3 is 0 Å². The van der Waals surface area contributed by atoms with Gasteiger partial charge in [0, 0.05) is 0 Å². The van der Waals surface area contributed by atoms with E-state index in [0.29, 0.717) is 0 Å². The molecule has 0 bridgehead atoms. The van der Waals surface area contributed by atoms with E-state index in [-0.39, 0.29) is 0 Å². The summed E-state index contributed by atoms with van der Waals surface area (Å²) in [5.41, 5.74) is 0. The zero-order valence-corrected chi connectivity index (χ0v) is 9.28. The summed E-state index contributed by atoms with van der Waals surface area (Å²) in [5.74, 6) is 2.52. The van der Waals surface area contributed by atoms with Crippen LogP contribution in [0.25, 0.3) is 0 Å². The Labute approximate surface area is 90.4 Å². The summed E-state index contributed by atoms with van der Waals surface area (Å²) in [7, 11) is 0. The summed E-state index contributed by atoms with van der Waals surface area (Å²) in [4.78, 5) is 3.97. The Hall–Kier alpha value is -0.900. The first-order valence-electron chi connectivity index (χ1n) is 5.80. The number of rotatable bonds is 4. The molecule has 1 fully saturated rings. The van der Waals surface area contributed by atoms with Gasteiger partial charge in [0.25, 0.3) is 0 Å². The highest BCUT2D eigenvalue weighted by atomic mass is 16.5. The third-order valence-corrected chi connectivity index (χ3v) is 3.26. The van der Waals surface area contributed by atoms with Crippen molar-refractivity contribution in [3.8, 4) is 0 Å². The SMILES string of the molecule is CC1CCC(CNCc2ncon2)CC1. The van der Waals surface area contributed by atoms with Crippen LogP contribution in [-0.2, 0) is 6.54 Å².